The van der Waals surface area contributed by atoms with Gasteiger partial charge in [-0.3, -0.25) is 0 Å². The molecule has 0 N–H and O–H groups in total. The Morgan fingerprint density at radius 3 is 1.41 bits per heavy atom. The van der Waals surface area contributed by atoms with Crippen LogP contribution in [0.25, 0.3) is 0 Å². The largest absolute Gasteiger partial charge is 0.359 e. The van der Waals surface area contributed by atoms with E-state index in [-0.39, 0.29) is 5.60 Å². The van der Waals surface area contributed by atoms with Gasteiger partial charge >= 0.3 is 0 Å². The van der Waals surface area contributed by atoms with Crippen molar-refractivity contribution in [2.24, 2.45) is 0 Å². The molecule has 1 heterocycles. The van der Waals surface area contributed by atoms with Crippen molar-refractivity contribution in [2.45, 2.75) is 19.4 Å². The van der Waals surface area contributed by atoms with Gasteiger partial charge in [0.2, 0.25) is 0 Å². The van der Waals surface area contributed by atoms with Gasteiger partial charge in [0.25, 0.3) is 0 Å². The molecule has 3 rings (SSSR count). The van der Waals surface area contributed by atoms with Crippen molar-refractivity contribution in [3.63, 3.8) is 0 Å². The van der Waals surface area contributed by atoms with Crippen molar-refractivity contribution in [2.75, 3.05) is 6.61 Å². The summed E-state index contributed by atoms with van der Waals surface area (Å²) in [5, 5.41) is 0. The SMILES string of the molecule is Cc1ccc(C2(c3ccc(C)cc3)CO2)cc1. The maximum absolute atomic E-state index is 5.75. The number of benzene rings is 2. The molecule has 0 radical (unpaired) electrons. The van der Waals surface area contributed by atoms with Crippen molar-refractivity contribution in [1.29, 1.82) is 0 Å². The quantitative estimate of drug-likeness (QED) is 0.710. The molecule has 0 unspecified atom stereocenters. The van der Waals surface area contributed by atoms with Crippen LogP contribution in [-0.2, 0) is 10.3 Å². The van der Waals surface area contributed by atoms with Crippen molar-refractivity contribution in [1.82, 2.24) is 0 Å². The topological polar surface area (TPSA) is 12.5 Å². The van der Waals surface area contributed by atoms with Crippen molar-refractivity contribution < 1.29 is 4.74 Å². The van der Waals surface area contributed by atoms with Gasteiger partial charge in [-0.1, -0.05) is 59.7 Å². The number of epoxide rings is 1. The van der Waals surface area contributed by atoms with E-state index in [9.17, 15) is 0 Å². The fourth-order valence-electron chi connectivity index (χ4n) is 2.22. The van der Waals surface area contributed by atoms with Gasteiger partial charge in [-0.15, -0.1) is 0 Å². The maximum Gasteiger partial charge on any atom is 0.142 e. The van der Waals surface area contributed by atoms with Gasteiger partial charge in [0.05, 0.1) is 6.61 Å². The molecular formula is C16H16O. The number of hydrogen-bond donors (Lipinski definition) is 0. The average molecular weight is 224 g/mol. The first-order valence-corrected chi connectivity index (χ1v) is 5.99. The summed E-state index contributed by atoms with van der Waals surface area (Å²) in [6.07, 6.45) is 0. The first kappa shape index (κ1) is 10.5. The maximum atomic E-state index is 5.75. The minimum atomic E-state index is -0.179. The number of ether oxygens (including phenoxy) is 1. The summed E-state index contributed by atoms with van der Waals surface area (Å²) in [6.45, 7) is 5.01. The molecule has 0 saturated carbocycles. The molecule has 1 aliphatic heterocycles. The Kier molecular flexibility index (Phi) is 2.30. The first-order chi connectivity index (χ1) is 8.21. The molecule has 1 fully saturated rings. The number of rotatable bonds is 2. The van der Waals surface area contributed by atoms with Gasteiger partial charge < -0.3 is 4.74 Å². The van der Waals surface area contributed by atoms with Crippen LogP contribution in [0.4, 0.5) is 0 Å². The lowest BCUT2D eigenvalue weighted by molar-refractivity contribution is 0.349. The zero-order valence-corrected chi connectivity index (χ0v) is 10.2. The van der Waals surface area contributed by atoms with Gasteiger partial charge in [-0.05, 0) is 25.0 Å². The fraction of sp³-hybridized carbons (Fsp3) is 0.250. The van der Waals surface area contributed by atoms with Crippen LogP contribution in [-0.4, -0.2) is 6.61 Å². The Morgan fingerprint density at radius 2 is 1.12 bits per heavy atom. The smallest absolute Gasteiger partial charge is 0.142 e. The van der Waals surface area contributed by atoms with Gasteiger partial charge in [-0.25, -0.2) is 0 Å². The third kappa shape index (κ3) is 1.77. The lowest BCUT2D eigenvalue weighted by Crippen LogP contribution is -2.10. The molecule has 1 saturated heterocycles. The molecule has 17 heavy (non-hydrogen) atoms. The van der Waals surface area contributed by atoms with Crippen LogP contribution in [0.2, 0.25) is 0 Å². The summed E-state index contributed by atoms with van der Waals surface area (Å²) in [7, 11) is 0. The third-order valence-corrected chi connectivity index (χ3v) is 3.47. The van der Waals surface area contributed by atoms with Gasteiger partial charge in [0.1, 0.15) is 5.60 Å². The molecule has 86 valence electrons. The highest BCUT2D eigenvalue weighted by molar-refractivity contribution is 5.42. The Morgan fingerprint density at radius 1 is 0.765 bits per heavy atom. The average Bonchev–Trinajstić information content (AvgIpc) is 3.12. The Hall–Kier alpha value is -1.60. The zero-order chi connectivity index (χ0) is 11.9. The van der Waals surface area contributed by atoms with Crippen molar-refractivity contribution >= 4 is 0 Å². The van der Waals surface area contributed by atoms with Crippen LogP contribution in [0.5, 0.6) is 0 Å². The highest BCUT2D eigenvalue weighted by Gasteiger charge is 2.47. The molecule has 1 heteroatoms. The molecule has 0 aliphatic carbocycles. The van der Waals surface area contributed by atoms with Crippen LogP contribution >= 0.6 is 0 Å². The van der Waals surface area contributed by atoms with Gasteiger partial charge in [-0.2, -0.15) is 0 Å². The highest BCUT2D eigenvalue weighted by atomic mass is 16.6. The minimum absolute atomic E-state index is 0.179. The van der Waals surface area contributed by atoms with E-state index < -0.39 is 0 Å². The van der Waals surface area contributed by atoms with E-state index >= 15 is 0 Å². The summed E-state index contributed by atoms with van der Waals surface area (Å²) in [4.78, 5) is 0. The van der Waals surface area contributed by atoms with E-state index in [1.165, 1.54) is 22.3 Å². The predicted octanol–water partition coefficient (Wildman–Crippen LogP) is 3.58. The normalized spacial score (nSPS) is 16.8. The summed E-state index contributed by atoms with van der Waals surface area (Å²) in [5.74, 6) is 0. The van der Waals surface area contributed by atoms with E-state index in [1.54, 1.807) is 0 Å². The Bertz CT molecular complexity index is 471. The third-order valence-electron chi connectivity index (χ3n) is 3.47. The molecular weight excluding hydrogens is 208 g/mol. The van der Waals surface area contributed by atoms with Crippen LogP contribution in [0.3, 0.4) is 0 Å². The molecule has 0 atom stereocenters. The molecule has 0 amide bonds. The number of hydrogen-bond acceptors (Lipinski definition) is 1. The van der Waals surface area contributed by atoms with Crippen molar-refractivity contribution in [3.05, 3.63) is 70.8 Å². The van der Waals surface area contributed by atoms with E-state index in [0.29, 0.717) is 0 Å². The second-order valence-corrected chi connectivity index (χ2v) is 4.85. The predicted molar refractivity (Wildman–Crippen MR) is 69.1 cm³/mol. The minimum Gasteiger partial charge on any atom is -0.359 e. The van der Waals surface area contributed by atoms with E-state index in [0.717, 1.165) is 6.61 Å². The van der Waals surface area contributed by atoms with Gasteiger partial charge in [0.15, 0.2) is 0 Å². The zero-order valence-electron chi connectivity index (χ0n) is 10.2. The summed E-state index contributed by atoms with van der Waals surface area (Å²) >= 11 is 0. The monoisotopic (exact) mass is 224 g/mol. The fourth-order valence-corrected chi connectivity index (χ4v) is 2.22. The van der Waals surface area contributed by atoms with Crippen LogP contribution in [0.1, 0.15) is 22.3 Å². The molecule has 2 aromatic carbocycles. The van der Waals surface area contributed by atoms with E-state index in [2.05, 4.69) is 62.4 Å². The molecule has 0 aromatic heterocycles. The van der Waals surface area contributed by atoms with Crippen LogP contribution in [0, 0.1) is 13.8 Å². The van der Waals surface area contributed by atoms with E-state index in [4.69, 9.17) is 4.74 Å². The molecule has 0 bridgehead atoms. The molecule has 1 nitrogen and oxygen atoms in total. The summed E-state index contributed by atoms with van der Waals surface area (Å²) in [5.41, 5.74) is 4.90. The molecule has 2 aromatic rings. The summed E-state index contributed by atoms with van der Waals surface area (Å²) < 4.78 is 5.75. The lowest BCUT2D eigenvalue weighted by atomic mass is 9.91. The summed E-state index contributed by atoms with van der Waals surface area (Å²) in [6, 6.07) is 17.3. The van der Waals surface area contributed by atoms with Crippen molar-refractivity contribution in [3.8, 4) is 0 Å². The number of aryl methyl sites for hydroxylation is 2. The first-order valence-electron chi connectivity index (χ1n) is 5.99. The second kappa shape index (κ2) is 3.71. The highest BCUT2D eigenvalue weighted by Crippen LogP contribution is 2.44. The second-order valence-electron chi connectivity index (χ2n) is 4.85. The molecule has 0 spiro atoms. The Labute approximate surface area is 102 Å². The van der Waals surface area contributed by atoms with Crippen LogP contribution < -0.4 is 0 Å². The standard InChI is InChI=1S/C16H16O/c1-12-3-7-14(8-4-12)16(11-17-16)15-9-5-13(2)6-10-15/h3-10H,11H2,1-2H3. The lowest BCUT2D eigenvalue weighted by Gasteiger charge is -2.13. The van der Waals surface area contributed by atoms with Crippen LogP contribution in [0.15, 0.2) is 48.5 Å². The molecule has 1 aliphatic rings. The van der Waals surface area contributed by atoms with Gasteiger partial charge in [0, 0.05) is 0 Å². The Balaban J connectivity index is 2.01. The van der Waals surface area contributed by atoms with E-state index in [1.807, 2.05) is 0 Å².